The standard InChI is InChI=1S/C29H26F7NO9S/c1-17(2)26(41)44-20-6-10-22(11-7-20)47-21-8-4-19(5-9-21)25(40)18(3)37-45-24(39)13-12-23(38)43-15-14-42-16-27(30,31)46-29(35,36)28(32,33)34/h4-11H,1,12-16H2,2-3H3/b37-18+. The maximum absolute atomic E-state index is 13.1. The highest BCUT2D eigenvalue weighted by atomic mass is 32.2. The van der Waals surface area contributed by atoms with Crippen LogP contribution in [0.15, 0.2) is 75.6 Å². The van der Waals surface area contributed by atoms with Gasteiger partial charge >= 0.3 is 36.3 Å². The van der Waals surface area contributed by atoms with Crippen LogP contribution >= 0.6 is 11.8 Å². The first-order valence-electron chi connectivity index (χ1n) is 13.1. The summed E-state index contributed by atoms with van der Waals surface area (Å²) in [5.41, 5.74) is 0.310. The minimum absolute atomic E-state index is 0.188. The average molecular weight is 698 g/mol. The summed E-state index contributed by atoms with van der Waals surface area (Å²) in [7, 11) is 0. The van der Waals surface area contributed by atoms with Crippen LogP contribution in [-0.2, 0) is 33.4 Å². The summed E-state index contributed by atoms with van der Waals surface area (Å²) in [6.45, 7) is 2.81. The number of Topliss-reactive ketones (excluding diaryl/α,β-unsaturated/α-hetero) is 1. The van der Waals surface area contributed by atoms with Crippen LogP contribution in [0.4, 0.5) is 30.7 Å². The molecule has 0 heterocycles. The van der Waals surface area contributed by atoms with Crippen LogP contribution in [0.2, 0.25) is 0 Å². The molecule has 0 saturated heterocycles. The van der Waals surface area contributed by atoms with E-state index in [9.17, 15) is 49.9 Å². The lowest BCUT2D eigenvalue weighted by Gasteiger charge is -2.24. The van der Waals surface area contributed by atoms with E-state index in [4.69, 9.17) is 4.74 Å². The number of carbonyl (C=O) groups is 4. The summed E-state index contributed by atoms with van der Waals surface area (Å²) in [5.74, 6) is -2.81. The molecule has 0 aliphatic heterocycles. The lowest BCUT2D eigenvalue weighted by atomic mass is 10.1. The molecule has 2 rings (SSSR count). The van der Waals surface area contributed by atoms with Crippen LogP contribution in [0, 0.1) is 0 Å². The first-order valence-corrected chi connectivity index (χ1v) is 13.9. The van der Waals surface area contributed by atoms with Gasteiger partial charge in [-0.2, -0.15) is 30.7 Å². The minimum atomic E-state index is -6.37. The smallest absolute Gasteiger partial charge is 0.463 e. The number of hydrogen-bond acceptors (Lipinski definition) is 11. The molecule has 0 aliphatic rings. The van der Waals surface area contributed by atoms with Gasteiger partial charge in [-0.25, -0.2) is 14.3 Å². The van der Waals surface area contributed by atoms with Gasteiger partial charge in [-0.3, -0.25) is 9.59 Å². The molecule has 0 spiro atoms. The molecule has 0 saturated carbocycles. The summed E-state index contributed by atoms with van der Waals surface area (Å²) in [6.07, 6.45) is -18.6. The van der Waals surface area contributed by atoms with Crippen LogP contribution in [0.5, 0.6) is 5.75 Å². The lowest BCUT2D eigenvalue weighted by molar-refractivity contribution is -0.460. The van der Waals surface area contributed by atoms with Crippen molar-refractivity contribution in [1.29, 1.82) is 0 Å². The molecule has 0 N–H and O–H groups in total. The van der Waals surface area contributed by atoms with Crippen LogP contribution in [0.3, 0.4) is 0 Å². The van der Waals surface area contributed by atoms with Crippen LogP contribution in [0.25, 0.3) is 0 Å². The molecule has 10 nitrogen and oxygen atoms in total. The van der Waals surface area contributed by atoms with Crippen LogP contribution < -0.4 is 4.74 Å². The van der Waals surface area contributed by atoms with Crippen molar-refractivity contribution >= 4 is 41.2 Å². The zero-order valence-corrected chi connectivity index (χ0v) is 25.4. The van der Waals surface area contributed by atoms with Crippen molar-refractivity contribution in [3.8, 4) is 5.75 Å². The molecule has 0 atom stereocenters. The third-order valence-corrected chi connectivity index (χ3v) is 6.27. The van der Waals surface area contributed by atoms with Crippen molar-refractivity contribution in [2.24, 2.45) is 5.16 Å². The Morgan fingerprint density at radius 2 is 1.36 bits per heavy atom. The summed E-state index contributed by atoms with van der Waals surface area (Å²) in [5, 5.41) is 3.45. The SMILES string of the molecule is C=C(C)C(=O)Oc1ccc(Sc2ccc(C(=O)/C(C)=N/OC(=O)CCC(=O)OCCOCC(F)(F)OC(F)(F)C(F)(F)F)cc2)cc1. The van der Waals surface area contributed by atoms with Gasteiger partial charge in [0.15, 0.2) is 0 Å². The number of benzene rings is 2. The number of hydrogen-bond donors (Lipinski definition) is 0. The van der Waals surface area contributed by atoms with Gasteiger partial charge in [0.05, 0.1) is 19.4 Å². The molecule has 0 unspecified atom stereocenters. The van der Waals surface area contributed by atoms with E-state index >= 15 is 0 Å². The van der Waals surface area contributed by atoms with Crippen molar-refractivity contribution in [1.82, 2.24) is 0 Å². The second kappa shape index (κ2) is 17.0. The fraction of sp³-hybridized carbons (Fsp3) is 0.345. The van der Waals surface area contributed by atoms with Crippen molar-refractivity contribution in [2.45, 2.75) is 54.9 Å². The number of halogens is 7. The molecule has 0 fully saturated rings. The molecule has 0 bridgehead atoms. The van der Waals surface area contributed by atoms with Crippen molar-refractivity contribution in [2.75, 3.05) is 19.8 Å². The van der Waals surface area contributed by atoms with Gasteiger partial charge in [-0.1, -0.05) is 23.5 Å². The highest BCUT2D eigenvalue weighted by Crippen LogP contribution is 2.40. The first kappa shape index (κ1) is 38.9. The molecule has 0 aliphatic carbocycles. The van der Waals surface area contributed by atoms with Gasteiger partial charge in [0.25, 0.3) is 0 Å². The number of nitrogens with zero attached hydrogens (tertiary/aromatic N) is 1. The van der Waals surface area contributed by atoms with E-state index in [2.05, 4.69) is 30.8 Å². The minimum Gasteiger partial charge on any atom is -0.463 e. The molecule has 0 amide bonds. The molecule has 2 aromatic rings. The zero-order chi connectivity index (χ0) is 35.4. The number of rotatable bonds is 17. The van der Waals surface area contributed by atoms with E-state index in [-0.39, 0.29) is 16.8 Å². The highest BCUT2D eigenvalue weighted by molar-refractivity contribution is 7.99. The zero-order valence-electron chi connectivity index (χ0n) is 24.5. The van der Waals surface area contributed by atoms with Gasteiger partial charge in [0.1, 0.15) is 24.7 Å². The molecule has 2 aromatic carbocycles. The third kappa shape index (κ3) is 13.5. The second-order valence-corrected chi connectivity index (χ2v) is 10.4. The van der Waals surface area contributed by atoms with Gasteiger partial charge in [0, 0.05) is 20.9 Å². The first-order chi connectivity index (χ1) is 21.8. The maximum atomic E-state index is 13.1. The quantitative estimate of drug-likeness (QED) is 0.0207. The largest absolute Gasteiger partial charge is 0.483 e. The molecular weight excluding hydrogens is 671 g/mol. The predicted octanol–water partition coefficient (Wildman–Crippen LogP) is 6.53. The fourth-order valence-electron chi connectivity index (χ4n) is 2.95. The van der Waals surface area contributed by atoms with E-state index in [0.717, 1.165) is 9.79 Å². The fourth-order valence-corrected chi connectivity index (χ4v) is 3.77. The summed E-state index contributed by atoms with van der Waals surface area (Å²) in [4.78, 5) is 54.0. The third-order valence-electron chi connectivity index (χ3n) is 5.25. The van der Waals surface area contributed by atoms with E-state index in [1.54, 1.807) is 36.4 Å². The molecule has 18 heteroatoms. The Balaban J connectivity index is 1.72. The lowest BCUT2D eigenvalue weighted by Crippen LogP contribution is -2.46. The van der Waals surface area contributed by atoms with Crippen molar-refractivity contribution in [3.05, 3.63) is 66.2 Å². The van der Waals surface area contributed by atoms with E-state index < -0.39 is 74.7 Å². The van der Waals surface area contributed by atoms with Gasteiger partial charge < -0.3 is 19.0 Å². The Bertz CT molecular complexity index is 1460. The topological polar surface area (TPSA) is 127 Å². The molecule has 0 radical (unpaired) electrons. The normalized spacial score (nSPS) is 12.3. The maximum Gasteiger partial charge on any atom is 0.483 e. The van der Waals surface area contributed by atoms with Crippen LogP contribution in [-0.4, -0.2) is 67.6 Å². The molecule has 0 aromatic heterocycles. The van der Waals surface area contributed by atoms with Crippen molar-refractivity contribution in [3.63, 3.8) is 0 Å². The molecule has 256 valence electrons. The molecular formula is C29H26F7NO9S. The Labute approximate surface area is 266 Å². The number of alkyl halides is 7. The number of esters is 2. The Kier molecular flexibility index (Phi) is 14.1. The number of oxime groups is 1. The number of ether oxygens (including phenoxy) is 4. The van der Waals surface area contributed by atoms with Crippen LogP contribution in [0.1, 0.15) is 37.0 Å². The second-order valence-electron chi connectivity index (χ2n) is 9.26. The predicted molar refractivity (Wildman–Crippen MR) is 149 cm³/mol. The summed E-state index contributed by atoms with van der Waals surface area (Å²) >= 11 is 1.37. The van der Waals surface area contributed by atoms with E-state index in [0.29, 0.717) is 5.75 Å². The Hall–Kier alpha value is -4.29. The summed E-state index contributed by atoms with van der Waals surface area (Å²) < 4.78 is 104. The monoisotopic (exact) mass is 697 g/mol. The van der Waals surface area contributed by atoms with Gasteiger partial charge in [-0.15, -0.1) is 0 Å². The van der Waals surface area contributed by atoms with Crippen molar-refractivity contribution < 1.29 is 73.7 Å². The van der Waals surface area contributed by atoms with Gasteiger partial charge in [0.2, 0.25) is 5.78 Å². The van der Waals surface area contributed by atoms with E-state index in [1.807, 2.05) is 0 Å². The summed E-state index contributed by atoms with van der Waals surface area (Å²) in [6, 6.07) is 13.1. The average Bonchev–Trinajstić information content (AvgIpc) is 2.98. The molecule has 47 heavy (non-hydrogen) atoms. The Morgan fingerprint density at radius 3 is 1.91 bits per heavy atom. The van der Waals surface area contributed by atoms with Gasteiger partial charge in [-0.05, 0) is 62.4 Å². The number of carbonyl (C=O) groups excluding carboxylic acids is 4. The van der Waals surface area contributed by atoms with E-state index in [1.165, 1.54) is 37.7 Å². The highest BCUT2D eigenvalue weighted by Gasteiger charge is 2.63. The Morgan fingerprint density at radius 1 is 0.809 bits per heavy atom. The number of ketones is 1.